The molecule has 306 valence electrons. The first-order chi connectivity index (χ1) is 27.9. The predicted molar refractivity (Wildman–Crippen MR) is 225 cm³/mol. The normalized spacial score (nSPS) is 18.0. The van der Waals surface area contributed by atoms with Crippen LogP contribution in [0.5, 0.6) is 5.75 Å². The summed E-state index contributed by atoms with van der Waals surface area (Å²) >= 11 is 6.41. The van der Waals surface area contributed by atoms with Gasteiger partial charge in [0.2, 0.25) is 33.7 Å². The smallest absolute Gasteiger partial charge is 0.249 e. The maximum absolute atomic E-state index is 13.4. The Balaban J connectivity index is 0.879. The van der Waals surface area contributed by atoms with Gasteiger partial charge in [-0.3, -0.25) is 29.3 Å². The molecule has 0 spiro atoms. The molecular weight excluding hydrogens is 784 g/mol. The van der Waals surface area contributed by atoms with Gasteiger partial charge in [-0.2, -0.15) is 4.98 Å². The van der Waals surface area contributed by atoms with Crippen molar-refractivity contribution in [1.29, 1.82) is 0 Å². The molecule has 1 aromatic heterocycles. The minimum atomic E-state index is -3.51. The van der Waals surface area contributed by atoms with E-state index >= 15 is 0 Å². The van der Waals surface area contributed by atoms with E-state index in [1.54, 1.807) is 31.4 Å². The van der Waals surface area contributed by atoms with E-state index in [2.05, 4.69) is 57.9 Å². The number of carbonyl (C=O) groups excluding carboxylic acids is 3. The fourth-order valence-electron chi connectivity index (χ4n) is 7.44. The van der Waals surface area contributed by atoms with Crippen LogP contribution in [0.4, 0.5) is 40.2 Å². The lowest BCUT2D eigenvalue weighted by atomic mass is 9.89. The number of anilines is 7. The second-order valence-corrected chi connectivity index (χ2v) is 16.8. The molecule has 3 aliphatic heterocycles. The number of carbonyl (C=O) groups is 3. The third kappa shape index (κ3) is 10.3. The van der Waals surface area contributed by atoms with E-state index in [1.165, 1.54) is 11.8 Å². The number of hydrogen-bond acceptors (Lipinski definition) is 13. The van der Waals surface area contributed by atoms with Crippen molar-refractivity contribution in [2.45, 2.75) is 37.6 Å². The van der Waals surface area contributed by atoms with Crippen LogP contribution in [0.25, 0.3) is 0 Å². The van der Waals surface area contributed by atoms with Crippen LogP contribution in [-0.4, -0.2) is 111 Å². The Kier molecular flexibility index (Phi) is 12.5. The number of amides is 3. The summed E-state index contributed by atoms with van der Waals surface area (Å²) in [6.45, 7) is 4.71. The summed E-state index contributed by atoms with van der Waals surface area (Å²) in [6, 6.07) is 20.4. The SMILES string of the molecule is COc1cc(N2CCN(C(=O)CN3CCC(c4ccc(NC5CCC(=O)NC5=O)cc4)CC3)CC2)ccc1Nc1ncc(Cl)c(Nc2ccccc2NS(C)(=O)=O)n1. The number of rotatable bonds is 13. The Morgan fingerprint density at radius 1 is 0.914 bits per heavy atom. The lowest BCUT2D eigenvalue weighted by molar-refractivity contribution is -0.134. The zero-order valence-corrected chi connectivity index (χ0v) is 33.9. The number of benzene rings is 3. The molecule has 4 aromatic rings. The van der Waals surface area contributed by atoms with Crippen LogP contribution in [0.15, 0.2) is 72.9 Å². The fourth-order valence-corrected chi connectivity index (χ4v) is 8.15. The summed E-state index contributed by atoms with van der Waals surface area (Å²) in [7, 11) is -1.93. The first-order valence-electron chi connectivity index (χ1n) is 19.2. The lowest BCUT2D eigenvalue weighted by Crippen LogP contribution is -2.51. The zero-order chi connectivity index (χ0) is 40.8. The van der Waals surface area contributed by atoms with E-state index in [-0.39, 0.29) is 34.5 Å². The number of piperidine rings is 2. The van der Waals surface area contributed by atoms with Crippen LogP contribution in [0.1, 0.15) is 37.2 Å². The molecule has 0 aliphatic carbocycles. The van der Waals surface area contributed by atoms with Gasteiger partial charge in [0.15, 0.2) is 5.82 Å². The van der Waals surface area contributed by atoms with Crippen LogP contribution in [-0.2, 0) is 24.4 Å². The molecule has 0 saturated carbocycles. The monoisotopic (exact) mass is 830 g/mol. The number of piperazine rings is 1. The minimum absolute atomic E-state index is 0.145. The Hall–Kier alpha value is -5.65. The van der Waals surface area contributed by atoms with Crippen molar-refractivity contribution in [3.63, 3.8) is 0 Å². The van der Waals surface area contributed by atoms with Crippen molar-refractivity contribution >= 4 is 79.5 Å². The van der Waals surface area contributed by atoms with Crippen molar-refractivity contribution in [2.24, 2.45) is 0 Å². The highest BCUT2D eigenvalue weighted by atomic mass is 35.5. The van der Waals surface area contributed by atoms with Gasteiger partial charge in [-0.25, -0.2) is 13.4 Å². The number of para-hydroxylation sites is 2. The van der Waals surface area contributed by atoms with Gasteiger partial charge in [-0.05, 0) is 80.2 Å². The number of halogens is 1. The Bertz CT molecular complexity index is 2250. The van der Waals surface area contributed by atoms with Crippen LogP contribution in [0.2, 0.25) is 5.02 Å². The molecule has 1 unspecified atom stereocenters. The molecule has 58 heavy (non-hydrogen) atoms. The molecule has 4 heterocycles. The molecule has 3 aliphatic rings. The molecule has 16 nitrogen and oxygen atoms in total. The van der Waals surface area contributed by atoms with Gasteiger partial charge in [0, 0.05) is 50.0 Å². The molecule has 18 heteroatoms. The average Bonchev–Trinajstić information content (AvgIpc) is 3.21. The number of likely N-dealkylation sites (tertiary alicyclic amines) is 1. The number of ether oxygens (including phenoxy) is 1. The van der Waals surface area contributed by atoms with Crippen LogP contribution >= 0.6 is 11.6 Å². The van der Waals surface area contributed by atoms with Gasteiger partial charge in [-0.15, -0.1) is 0 Å². The van der Waals surface area contributed by atoms with Crippen molar-refractivity contribution in [3.8, 4) is 5.75 Å². The van der Waals surface area contributed by atoms with Gasteiger partial charge in [0.25, 0.3) is 0 Å². The van der Waals surface area contributed by atoms with E-state index in [9.17, 15) is 22.8 Å². The highest BCUT2D eigenvalue weighted by Gasteiger charge is 2.28. The predicted octanol–water partition coefficient (Wildman–Crippen LogP) is 4.74. The number of imide groups is 1. The summed E-state index contributed by atoms with van der Waals surface area (Å²) in [5.74, 6) is 1.15. The van der Waals surface area contributed by atoms with E-state index in [0.29, 0.717) is 74.3 Å². The van der Waals surface area contributed by atoms with Crippen LogP contribution in [0, 0.1) is 0 Å². The highest BCUT2D eigenvalue weighted by Crippen LogP contribution is 2.34. The largest absolute Gasteiger partial charge is 0.494 e. The second-order valence-electron chi connectivity index (χ2n) is 14.6. The molecule has 5 N–H and O–H groups in total. The number of nitrogens with zero attached hydrogens (tertiary/aromatic N) is 5. The molecule has 7 rings (SSSR count). The quantitative estimate of drug-likeness (QED) is 0.116. The topological polar surface area (TPSA) is 190 Å². The summed E-state index contributed by atoms with van der Waals surface area (Å²) in [4.78, 5) is 52.2. The maximum Gasteiger partial charge on any atom is 0.249 e. The first-order valence-corrected chi connectivity index (χ1v) is 21.4. The number of sulfonamides is 1. The number of hydrogen-bond donors (Lipinski definition) is 5. The Morgan fingerprint density at radius 3 is 2.33 bits per heavy atom. The molecule has 3 amide bonds. The lowest BCUT2D eigenvalue weighted by Gasteiger charge is -2.38. The summed E-state index contributed by atoms with van der Waals surface area (Å²) < 4.78 is 32.0. The second kappa shape index (κ2) is 17.9. The van der Waals surface area contributed by atoms with Crippen molar-refractivity contribution < 1.29 is 27.5 Å². The van der Waals surface area contributed by atoms with Gasteiger partial charge < -0.3 is 30.5 Å². The molecule has 0 radical (unpaired) electrons. The summed E-state index contributed by atoms with van der Waals surface area (Å²) in [5.41, 5.74) is 4.52. The van der Waals surface area contributed by atoms with Gasteiger partial charge in [0.1, 0.15) is 16.8 Å². The van der Waals surface area contributed by atoms with E-state index in [4.69, 9.17) is 16.3 Å². The zero-order valence-electron chi connectivity index (χ0n) is 32.3. The summed E-state index contributed by atoms with van der Waals surface area (Å²) in [6.07, 6.45) is 5.28. The summed E-state index contributed by atoms with van der Waals surface area (Å²) in [5, 5.41) is 12.1. The van der Waals surface area contributed by atoms with Crippen LogP contribution in [0.3, 0.4) is 0 Å². The first kappa shape index (κ1) is 40.5. The maximum atomic E-state index is 13.4. The molecule has 3 aromatic carbocycles. The standard InChI is InChI=1S/C40H47ClN10O6S/c1-57-35-23-29(11-12-33(35)45-40-42-24-30(41)38(47-40)44-31-5-3-4-6-32(31)48-58(2,55)56)50-19-21-51(22-20-50)37(53)25-49-17-15-27(16-18-49)26-7-9-28(10-8-26)43-34-13-14-36(52)46-39(34)54/h3-12,23-24,27,34,43,48H,13-22,25H2,1-2H3,(H,46,52,54)(H2,42,44,45,47). The van der Waals surface area contributed by atoms with Crippen molar-refractivity contribution in [1.82, 2.24) is 25.1 Å². The minimum Gasteiger partial charge on any atom is -0.494 e. The Labute approximate surface area is 342 Å². The molecule has 3 saturated heterocycles. The highest BCUT2D eigenvalue weighted by molar-refractivity contribution is 7.92. The molecule has 1 atom stereocenters. The van der Waals surface area contributed by atoms with Gasteiger partial charge >= 0.3 is 0 Å². The molecule has 3 fully saturated rings. The molecule has 0 bridgehead atoms. The average molecular weight is 831 g/mol. The molecular formula is C40H47ClN10O6S. The van der Waals surface area contributed by atoms with Gasteiger partial charge in [-0.1, -0.05) is 35.9 Å². The van der Waals surface area contributed by atoms with E-state index < -0.39 is 16.1 Å². The third-order valence-corrected chi connectivity index (χ3v) is 11.4. The third-order valence-electron chi connectivity index (χ3n) is 10.6. The van der Waals surface area contributed by atoms with Crippen molar-refractivity contribution in [3.05, 3.63) is 83.5 Å². The van der Waals surface area contributed by atoms with Gasteiger partial charge in [0.05, 0.1) is 43.2 Å². The van der Waals surface area contributed by atoms with E-state index in [0.717, 1.165) is 43.6 Å². The van der Waals surface area contributed by atoms with Crippen LogP contribution < -0.4 is 35.6 Å². The number of nitrogens with one attached hydrogen (secondary N) is 5. The van der Waals surface area contributed by atoms with E-state index in [1.807, 2.05) is 35.2 Å². The fraction of sp³-hybridized carbons (Fsp3) is 0.375. The van der Waals surface area contributed by atoms with Crippen molar-refractivity contribution in [2.75, 3.05) is 84.8 Å². The Morgan fingerprint density at radius 2 is 1.64 bits per heavy atom. The number of aromatic nitrogens is 2. The number of methoxy groups -OCH3 is 1.